The Labute approximate surface area is 94.2 Å². The highest BCUT2D eigenvalue weighted by Crippen LogP contribution is 2.13. The highest BCUT2D eigenvalue weighted by atomic mass is 16.5. The molecule has 90 valence electrons. The van der Waals surface area contributed by atoms with Gasteiger partial charge in [-0.15, -0.1) is 0 Å². The predicted molar refractivity (Wildman–Crippen MR) is 64.2 cm³/mol. The van der Waals surface area contributed by atoms with Crippen molar-refractivity contribution in [3.8, 4) is 0 Å². The zero-order valence-electron chi connectivity index (χ0n) is 10.5. The van der Waals surface area contributed by atoms with Crippen LogP contribution in [-0.2, 0) is 4.74 Å². The van der Waals surface area contributed by atoms with E-state index >= 15 is 0 Å². The average Bonchev–Trinajstić information content (AvgIpc) is 2.18. The predicted octanol–water partition coefficient (Wildman–Crippen LogP) is 1.34. The van der Waals surface area contributed by atoms with Gasteiger partial charge < -0.3 is 15.0 Å². The second kappa shape index (κ2) is 7.20. The van der Waals surface area contributed by atoms with Crippen molar-refractivity contribution in [1.82, 2.24) is 10.2 Å². The number of likely N-dealkylation sites (tertiary alicyclic amines) is 1. The Morgan fingerprint density at radius 2 is 2.33 bits per heavy atom. The van der Waals surface area contributed by atoms with Crippen LogP contribution in [-0.4, -0.2) is 50.8 Å². The van der Waals surface area contributed by atoms with Crippen LogP contribution in [0.25, 0.3) is 0 Å². The second-order valence-electron chi connectivity index (χ2n) is 4.69. The Kier molecular flexibility index (Phi) is 6.22. The van der Waals surface area contributed by atoms with Crippen LogP contribution < -0.4 is 5.32 Å². The number of hydrogen-bond donors (Lipinski definition) is 1. The molecule has 1 fully saturated rings. The third-order valence-electron chi connectivity index (χ3n) is 3.04. The van der Waals surface area contributed by atoms with E-state index < -0.39 is 0 Å². The maximum Gasteiger partial charge on any atom is 0.0671 e. The molecule has 2 atom stereocenters. The minimum absolute atomic E-state index is 0.344. The van der Waals surface area contributed by atoms with Crippen molar-refractivity contribution in [2.24, 2.45) is 5.92 Å². The minimum atomic E-state index is 0.344. The molecule has 1 rings (SSSR count). The van der Waals surface area contributed by atoms with Crippen molar-refractivity contribution in [2.75, 3.05) is 39.8 Å². The van der Waals surface area contributed by atoms with Crippen molar-refractivity contribution in [2.45, 2.75) is 32.8 Å². The van der Waals surface area contributed by atoms with Gasteiger partial charge >= 0.3 is 0 Å². The van der Waals surface area contributed by atoms with Crippen LogP contribution in [0.3, 0.4) is 0 Å². The van der Waals surface area contributed by atoms with Gasteiger partial charge in [0.1, 0.15) is 0 Å². The standard InChI is InChI=1S/C12H26N2O/c1-4-15-11(2)8-13-9-12-6-5-7-14(3)10-12/h11-13H,4-10H2,1-3H3. The Morgan fingerprint density at radius 1 is 1.53 bits per heavy atom. The molecule has 3 nitrogen and oxygen atoms in total. The van der Waals surface area contributed by atoms with Crippen LogP contribution >= 0.6 is 0 Å². The molecule has 0 bridgehead atoms. The molecule has 1 N–H and O–H groups in total. The number of rotatable bonds is 6. The molecule has 1 aliphatic rings. The molecule has 0 aliphatic carbocycles. The molecule has 0 spiro atoms. The fraction of sp³-hybridized carbons (Fsp3) is 1.00. The van der Waals surface area contributed by atoms with Crippen LogP contribution in [0.1, 0.15) is 26.7 Å². The zero-order chi connectivity index (χ0) is 11.1. The maximum absolute atomic E-state index is 5.48. The summed E-state index contributed by atoms with van der Waals surface area (Å²) in [5, 5.41) is 3.51. The Hall–Kier alpha value is -0.120. The van der Waals surface area contributed by atoms with Crippen molar-refractivity contribution < 1.29 is 4.74 Å². The summed E-state index contributed by atoms with van der Waals surface area (Å²) in [5.41, 5.74) is 0. The molecule has 3 heteroatoms. The lowest BCUT2D eigenvalue weighted by Gasteiger charge is -2.30. The molecule has 2 unspecified atom stereocenters. The number of ether oxygens (including phenoxy) is 1. The Bertz CT molecular complexity index is 164. The Morgan fingerprint density at radius 3 is 3.00 bits per heavy atom. The summed E-state index contributed by atoms with van der Waals surface area (Å²) >= 11 is 0. The number of hydrogen-bond acceptors (Lipinski definition) is 3. The summed E-state index contributed by atoms with van der Waals surface area (Å²) in [6.45, 7) is 9.63. The van der Waals surface area contributed by atoms with Gasteiger partial charge in [0.05, 0.1) is 6.10 Å². The molecule has 0 aromatic heterocycles. The lowest BCUT2D eigenvalue weighted by Crippen LogP contribution is -2.39. The van der Waals surface area contributed by atoms with E-state index in [0.717, 1.165) is 25.6 Å². The second-order valence-corrected chi connectivity index (χ2v) is 4.69. The summed E-state index contributed by atoms with van der Waals surface area (Å²) < 4.78 is 5.48. The molecule has 1 saturated heterocycles. The van der Waals surface area contributed by atoms with Crippen LogP contribution in [0.2, 0.25) is 0 Å². The molecule has 1 heterocycles. The lowest BCUT2D eigenvalue weighted by molar-refractivity contribution is 0.0743. The van der Waals surface area contributed by atoms with Gasteiger partial charge in [-0.05, 0) is 52.7 Å². The summed E-state index contributed by atoms with van der Waals surface area (Å²) in [7, 11) is 2.22. The SMILES string of the molecule is CCOC(C)CNCC1CCCN(C)C1. The first-order valence-corrected chi connectivity index (χ1v) is 6.23. The third kappa shape index (κ3) is 5.50. The lowest BCUT2D eigenvalue weighted by atomic mass is 9.98. The van der Waals surface area contributed by atoms with E-state index in [-0.39, 0.29) is 0 Å². The number of nitrogens with one attached hydrogen (secondary N) is 1. The summed E-state index contributed by atoms with van der Waals surface area (Å²) in [6, 6.07) is 0. The van der Waals surface area contributed by atoms with E-state index in [1.54, 1.807) is 0 Å². The van der Waals surface area contributed by atoms with Crippen LogP contribution in [0.4, 0.5) is 0 Å². The molecule has 1 aliphatic heterocycles. The third-order valence-corrected chi connectivity index (χ3v) is 3.04. The average molecular weight is 214 g/mol. The van der Waals surface area contributed by atoms with Gasteiger partial charge in [-0.2, -0.15) is 0 Å². The van der Waals surface area contributed by atoms with Gasteiger partial charge in [0.15, 0.2) is 0 Å². The van der Waals surface area contributed by atoms with Crippen molar-refractivity contribution in [3.63, 3.8) is 0 Å². The topological polar surface area (TPSA) is 24.5 Å². The molecular weight excluding hydrogens is 188 g/mol. The molecule has 15 heavy (non-hydrogen) atoms. The molecule has 0 saturated carbocycles. The van der Waals surface area contributed by atoms with Crippen LogP contribution in [0.5, 0.6) is 0 Å². The van der Waals surface area contributed by atoms with E-state index in [1.807, 2.05) is 6.92 Å². The first-order valence-electron chi connectivity index (χ1n) is 6.23. The highest BCUT2D eigenvalue weighted by Gasteiger charge is 2.16. The highest BCUT2D eigenvalue weighted by molar-refractivity contribution is 4.72. The van der Waals surface area contributed by atoms with Crippen LogP contribution in [0.15, 0.2) is 0 Å². The van der Waals surface area contributed by atoms with E-state index in [2.05, 4.69) is 24.2 Å². The minimum Gasteiger partial charge on any atom is -0.377 e. The molecule has 0 aromatic carbocycles. The largest absolute Gasteiger partial charge is 0.377 e. The normalized spacial score (nSPS) is 25.4. The number of nitrogens with zero attached hydrogens (tertiary/aromatic N) is 1. The summed E-state index contributed by atoms with van der Waals surface area (Å²) in [6.07, 6.45) is 3.07. The number of piperidine rings is 1. The van der Waals surface area contributed by atoms with Crippen molar-refractivity contribution in [3.05, 3.63) is 0 Å². The van der Waals surface area contributed by atoms with Gasteiger partial charge in [0.2, 0.25) is 0 Å². The quantitative estimate of drug-likeness (QED) is 0.722. The van der Waals surface area contributed by atoms with E-state index in [0.29, 0.717) is 6.10 Å². The van der Waals surface area contributed by atoms with Gasteiger partial charge in [0.25, 0.3) is 0 Å². The molecule has 0 radical (unpaired) electrons. The first kappa shape index (κ1) is 12.9. The van der Waals surface area contributed by atoms with Gasteiger partial charge in [-0.1, -0.05) is 0 Å². The van der Waals surface area contributed by atoms with Crippen molar-refractivity contribution in [1.29, 1.82) is 0 Å². The molecule has 0 amide bonds. The first-order chi connectivity index (χ1) is 7.22. The fourth-order valence-corrected chi connectivity index (χ4v) is 2.27. The van der Waals surface area contributed by atoms with E-state index in [1.165, 1.54) is 25.9 Å². The summed E-state index contributed by atoms with van der Waals surface area (Å²) in [5.74, 6) is 0.831. The Balaban J connectivity index is 2.03. The van der Waals surface area contributed by atoms with Gasteiger partial charge in [0, 0.05) is 19.7 Å². The monoisotopic (exact) mass is 214 g/mol. The van der Waals surface area contributed by atoms with E-state index in [9.17, 15) is 0 Å². The maximum atomic E-state index is 5.48. The van der Waals surface area contributed by atoms with E-state index in [4.69, 9.17) is 4.74 Å². The molecule has 0 aromatic rings. The van der Waals surface area contributed by atoms with Gasteiger partial charge in [-0.3, -0.25) is 0 Å². The van der Waals surface area contributed by atoms with Gasteiger partial charge in [-0.25, -0.2) is 0 Å². The van der Waals surface area contributed by atoms with Crippen molar-refractivity contribution >= 4 is 0 Å². The van der Waals surface area contributed by atoms with Crippen LogP contribution in [0, 0.1) is 5.92 Å². The summed E-state index contributed by atoms with van der Waals surface area (Å²) in [4.78, 5) is 2.43. The fourth-order valence-electron chi connectivity index (χ4n) is 2.27. The smallest absolute Gasteiger partial charge is 0.0671 e. The molecular formula is C12H26N2O. The zero-order valence-corrected chi connectivity index (χ0v) is 10.5.